The van der Waals surface area contributed by atoms with Gasteiger partial charge in [0.05, 0.1) is 9.92 Å². The highest BCUT2D eigenvalue weighted by atomic mass is 35.5. The summed E-state index contributed by atoms with van der Waals surface area (Å²) < 4.78 is 40.5. The van der Waals surface area contributed by atoms with Crippen molar-refractivity contribution in [2.24, 2.45) is 5.73 Å². The van der Waals surface area contributed by atoms with E-state index in [9.17, 15) is 12.8 Å². The van der Waals surface area contributed by atoms with Crippen molar-refractivity contribution in [1.29, 1.82) is 0 Å². The number of hydrogen-bond donors (Lipinski definition) is 2. The Labute approximate surface area is 131 Å². The maximum Gasteiger partial charge on any atom is 0.241 e. The van der Waals surface area contributed by atoms with Gasteiger partial charge in [-0.1, -0.05) is 11.6 Å². The van der Waals surface area contributed by atoms with E-state index in [1.807, 2.05) is 18.4 Å². The molecule has 21 heavy (non-hydrogen) atoms. The zero-order valence-electron chi connectivity index (χ0n) is 11.2. The van der Waals surface area contributed by atoms with Crippen molar-refractivity contribution in [3.63, 3.8) is 0 Å². The summed E-state index contributed by atoms with van der Waals surface area (Å²) in [5.74, 6) is -0.799. The van der Waals surface area contributed by atoms with E-state index in [0.717, 1.165) is 16.5 Å². The van der Waals surface area contributed by atoms with Gasteiger partial charge in [-0.15, -0.1) is 11.3 Å². The van der Waals surface area contributed by atoms with Crippen LogP contribution in [0, 0.1) is 12.7 Å². The number of aryl methyl sites for hydroxylation is 1. The first kappa shape index (κ1) is 16.4. The summed E-state index contributed by atoms with van der Waals surface area (Å²) in [6.45, 7) is 2.02. The molecule has 8 heteroatoms. The number of sulfonamides is 1. The van der Waals surface area contributed by atoms with Crippen LogP contribution in [0.3, 0.4) is 0 Å². The van der Waals surface area contributed by atoms with Gasteiger partial charge < -0.3 is 5.73 Å². The van der Waals surface area contributed by atoms with Crippen LogP contribution in [0.1, 0.15) is 16.0 Å². The normalized spacial score (nSPS) is 11.8. The predicted molar refractivity (Wildman–Crippen MR) is 82.4 cm³/mol. The Bertz CT molecular complexity index is 760. The number of halogens is 2. The second-order valence-corrected chi connectivity index (χ2v) is 7.58. The molecule has 0 aliphatic rings. The highest BCUT2D eigenvalue weighted by Crippen LogP contribution is 2.24. The molecular weight excluding hydrogens is 335 g/mol. The Hall–Kier alpha value is -0.990. The van der Waals surface area contributed by atoms with Gasteiger partial charge in [0.15, 0.2) is 0 Å². The number of thiophene rings is 1. The van der Waals surface area contributed by atoms with Crippen LogP contribution in [-0.2, 0) is 23.1 Å². The van der Waals surface area contributed by atoms with Crippen molar-refractivity contribution >= 4 is 33.0 Å². The highest BCUT2D eigenvalue weighted by Gasteiger charge is 2.19. The predicted octanol–water partition coefficient (Wildman–Crippen LogP) is 2.79. The van der Waals surface area contributed by atoms with Crippen LogP contribution in [-0.4, -0.2) is 8.42 Å². The van der Waals surface area contributed by atoms with Crippen LogP contribution in [0.25, 0.3) is 0 Å². The van der Waals surface area contributed by atoms with Crippen molar-refractivity contribution in [3.8, 4) is 0 Å². The third-order valence-corrected chi connectivity index (χ3v) is 5.83. The lowest BCUT2D eigenvalue weighted by molar-refractivity contribution is 0.577. The summed E-state index contributed by atoms with van der Waals surface area (Å²) in [4.78, 5) is 0.728. The molecule has 3 N–H and O–H groups in total. The minimum atomic E-state index is -3.82. The van der Waals surface area contributed by atoms with E-state index in [-0.39, 0.29) is 28.6 Å². The molecule has 0 atom stereocenters. The van der Waals surface area contributed by atoms with Gasteiger partial charge in [0.1, 0.15) is 5.82 Å². The fourth-order valence-electron chi connectivity index (χ4n) is 1.75. The molecule has 0 fully saturated rings. The second kappa shape index (κ2) is 6.41. The molecule has 0 spiro atoms. The molecule has 1 aromatic heterocycles. The molecule has 4 nitrogen and oxygen atoms in total. The molecule has 114 valence electrons. The van der Waals surface area contributed by atoms with Gasteiger partial charge in [-0.05, 0) is 41.6 Å². The molecule has 1 heterocycles. The molecule has 0 saturated carbocycles. The SMILES string of the molecule is Cc1ccsc1CNS(=O)(=O)c1cc(F)c(Cl)c(CN)c1. The van der Waals surface area contributed by atoms with E-state index < -0.39 is 15.8 Å². The van der Waals surface area contributed by atoms with E-state index in [0.29, 0.717) is 0 Å². The monoisotopic (exact) mass is 348 g/mol. The van der Waals surface area contributed by atoms with E-state index in [1.165, 1.54) is 17.4 Å². The van der Waals surface area contributed by atoms with Crippen molar-refractivity contribution in [1.82, 2.24) is 4.72 Å². The van der Waals surface area contributed by atoms with E-state index in [2.05, 4.69) is 4.72 Å². The molecule has 0 aliphatic heterocycles. The molecule has 1 aromatic carbocycles. The fourth-order valence-corrected chi connectivity index (χ4v) is 3.93. The van der Waals surface area contributed by atoms with Gasteiger partial charge in [-0.3, -0.25) is 0 Å². The van der Waals surface area contributed by atoms with E-state index >= 15 is 0 Å². The van der Waals surface area contributed by atoms with Gasteiger partial charge in [-0.2, -0.15) is 0 Å². The molecule has 0 radical (unpaired) electrons. The Morgan fingerprint density at radius 3 is 2.71 bits per heavy atom. The van der Waals surface area contributed by atoms with Crippen molar-refractivity contribution in [2.45, 2.75) is 24.9 Å². The second-order valence-electron chi connectivity index (χ2n) is 4.43. The first-order valence-electron chi connectivity index (χ1n) is 6.05. The minimum absolute atomic E-state index is 0.0385. The fraction of sp³-hybridized carbons (Fsp3) is 0.231. The van der Waals surface area contributed by atoms with Gasteiger partial charge in [-0.25, -0.2) is 17.5 Å². The Kier molecular flexibility index (Phi) is 5.00. The van der Waals surface area contributed by atoms with Gasteiger partial charge in [0, 0.05) is 18.0 Å². The molecule has 0 bridgehead atoms. The van der Waals surface area contributed by atoms with Crippen LogP contribution in [0.5, 0.6) is 0 Å². The standard InChI is InChI=1S/C13H14ClFN2O2S2/c1-8-2-3-20-12(8)7-17-21(18,19)10-4-9(6-16)13(14)11(15)5-10/h2-5,17H,6-7,16H2,1H3. The Morgan fingerprint density at radius 1 is 1.43 bits per heavy atom. The third kappa shape index (κ3) is 3.61. The molecule has 2 aromatic rings. The zero-order valence-corrected chi connectivity index (χ0v) is 13.6. The van der Waals surface area contributed by atoms with E-state index in [1.54, 1.807) is 0 Å². The van der Waals surface area contributed by atoms with Gasteiger partial charge >= 0.3 is 0 Å². The Morgan fingerprint density at radius 2 is 2.14 bits per heavy atom. The van der Waals surface area contributed by atoms with Gasteiger partial charge in [0.25, 0.3) is 0 Å². The average molecular weight is 349 g/mol. The third-order valence-electron chi connectivity index (χ3n) is 3.00. The Balaban J connectivity index is 2.27. The lowest BCUT2D eigenvalue weighted by atomic mass is 10.2. The maximum atomic E-state index is 13.7. The molecule has 0 aliphatic carbocycles. The number of nitrogens with two attached hydrogens (primary N) is 1. The maximum absolute atomic E-state index is 13.7. The smallest absolute Gasteiger partial charge is 0.241 e. The molecule has 0 unspecified atom stereocenters. The van der Waals surface area contributed by atoms with Gasteiger partial charge in [0.2, 0.25) is 10.0 Å². The summed E-state index contributed by atoms with van der Waals surface area (Å²) in [5.41, 5.74) is 6.70. The molecular formula is C13H14ClFN2O2S2. The van der Waals surface area contributed by atoms with Crippen LogP contribution >= 0.6 is 22.9 Å². The minimum Gasteiger partial charge on any atom is -0.326 e. The summed E-state index contributed by atoms with van der Waals surface area (Å²) in [7, 11) is -3.82. The topological polar surface area (TPSA) is 72.2 Å². The molecule has 2 rings (SSSR count). The van der Waals surface area contributed by atoms with Crippen LogP contribution < -0.4 is 10.5 Å². The summed E-state index contributed by atoms with van der Waals surface area (Å²) >= 11 is 7.18. The highest BCUT2D eigenvalue weighted by molar-refractivity contribution is 7.89. The quantitative estimate of drug-likeness (QED) is 0.872. The van der Waals surface area contributed by atoms with Crippen molar-refractivity contribution in [2.75, 3.05) is 0 Å². The van der Waals surface area contributed by atoms with Crippen LogP contribution in [0.4, 0.5) is 4.39 Å². The summed E-state index contributed by atoms with van der Waals surface area (Å²) in [5, 5.41) is 1.73. The average Bonchev–Trinajstić information content (AvgIpc) is 2.85. The summed E-state index contributed by atoms with van der Waals surface area (Å²) in [6, 6.07) is 4.09. The summed E-state index contributed by atoms with van der Waals surface area (Å²) in [6.07, 6.45) is 0. The lowest BCUT2D eigenvalue weighted by Crippen LogP contribution is -2.23. The van der Waals surface area contributed by atoms with Crippen LogP contribution in [0.15, 0.2) is 28.5 Å². The first-order valence-corrected chi connectivity index (χ1v) is 8.80. The zero-order chi connectivity index (χ0) is 15.6. The van der Waals surface area contributed by atoms with Crippen molar-refractivity contribution < 1.29 is 12.8 Å². The number of hydrogen-bond acceptors (Lipinski definition) is 4. The molecule has 0 amide bonds. The van der Waals surface area contributed by atoms with E-state index in [4.69, 9.17) is 17.3 Å². The van der Waals surface area contributed by atoms with Crippen molar-refractivity contribution in [3.05, 3.63) is 50.4 Å². The largest absolute Gasteiger partial charge is 0.326 e. The number of nitrogens with one attached hydrogen (secondary N) is 1. The first-order chi connectivity index (χ1) is 9.85. The van der Waals surface area contributed by atoms with Crippen LogP contribution in [0.2, 0.25) is 5.02 Å². The molecule has 0 saturated heterocycles. The lowest BCUT2D eigenvalue weighted by Gasteiger charge is -2.10. The number of rotatable bonds is 5. The number of benzene rings is 1.